The second kappa shape index (κ2) is 10.4. The second-order valence-corrected chi connectivity index (χ2v) is 6.87. The summed E-state index contributed by atoms with van der Waals surface area (Å²) < 4.78 is 13.9. The van der Waals surface area contributed by atoms with Crippen LogP contribution in [0.3, 0.4) is 0 Å². The first kappa shape index (κ1) is 22.2. The van der Waals surface area contributed by atoms with E-state index in [0.29, 0.717) is 18.9 Å². The fourth-order valence-electron chi connectivity index (χ4n) is 3.20. The van der Waals surface area contributed by atoms with Crippen molar-refractivity contribution in [3.05, 3.63) is 54.0 Å². The molecule has 1 aliphatic heterocycles. The molecule has 0 bridgehead atoms. The maximum atomic E-state index is 13.9. The Morgan fingerprint density at radius 3 is 2.86 bits per heavy atom. The standard InChI is InChI=1S/C20H27FN6.HI/c1-22-20(24-13-15-6-4-7-17(12-15)26(2)3)25-16-9-11-27(14-16)19-18(21)8-5-10-23-19;/h4-8,10,12,16H,9,11,13-14H2,1-3H3,(H2,22,24,25);1H. The number of hydrogen-bond donors (Lipinski definition) is 2. The molecule has 1 fully saturated rings. The second-order valence-electron chi connectivity index (χ2n) is 6.87. The third-order valence-corrected chi connectivity index (χ3v) is 4.68. The van der Waals surface area contributed by atoms with Crippen molar-refractivity contribution in [2.24, 2.45) is 4.99 Å². The van der Waals surface area contributed by atoms with E-state index in [1.165, 1.54) is 17.3 Å². The summed E-state index contributed by atoms with van der Waals surface area (Å²) in [5.41, 5.74) is 2.36. The van der Waals surface area contributed by atoms with Gasteiger partial charge in [-0.15, -0.1) is 24.0 Å². The molecule has 28 heavy (non-hydrogen) atoms. The SMILES string of the molecule is CN=C(NCc1cccc(N(C)C)c1)NC1CCN(c2ncccc2F)C1.I. The third-order valence-electron chi connectivity index (χ3n) is 4.68. The van der Waals surface area contributed by atoms with Crippen LogP contribution in [0.25, 0.3) is 0 Å². The third kappa shape index (κ3) is 5.70. The van der Waals surface area contributed by atoms with Crippen LogP contribution >= 0.6 is 24.0 Å². The first-order chi connectivity index (χ1) is 13.1. The van der Waals surface area contributed by atoms with Crippen molar-refractivity contribution < 1.29 is 4.39 Å². The molecule has 0 saturated carbocycles. The van der Waals surface area contributed by atoms with Crippen LogP contribution in [0.5, 0.6) is 0 Å². The molecule has 2 heterocycles. The molecule has 0 aliphatic carbocycles. The average Bonchev–Trinajstić information content (AvgIpc) is 3.14. The predicted molar refractivity (Wildman–Crippen MR) is 124 cm³/mol. The van der Waals surface area contributed by atoms with E-state index in [2.05, 4.69) is 49.8 Å². The highest BCUT2D eigenvalue weighted by molar-refractivity contribution is 14.0. The van der Waals surface area contributed by atoms with E-state index in [-0.39, 0.29) is 35.8 Å². The molecule has 3 rings (SSSR count). The number of halogens is 2. The van der Waals surface area contributed by atoms with Gasteiger partial charge in [-0.25, -0.2) is 9.37 Å². The highest BCUT2D eigenvalue weighted by atomic mass is 127. The molecule has 1 saturated heterocycles. The quantitative estimate of drug-likeness (QED) is 0.378. The van der Waals surface area contributed by atoms with Crippen LogP contribution in [0.15, 0.2) is 47.6 Å². The summed E-state index contributed by atoms with van der Waals surface area (Å²) in [5.74, 6) is 0.894. The van der Waals surface area contributed by atoms with E-state index < -0.39 is 0 Å². The van der Waals surface area contributed by atoms with Crippen molar-refractivity contribution in [2.75, 3.05) is 44.0 Å². The van der Waals surface area contributed by atoms with Crippen LogP contribution in [-0.4, -0.2) is 51.2 Å². The van der Waals surface area contributed by atoms with Gasteiger partial charge in [-0.1, -0.05) is 12.1 Å². The van der Waals surface area contributed by atoms with Crippen LogP contribution in [0, 0.1) is 5.82 Å². The highest BCUT2D eigenvalue weighted by Gasteiger charge is 2.25. The topological polar surface area (TPSA) is 55.8 Å². The minimum Gasteiger partial charge on any atom is -0.378 e. The number of aromatic nitrogens is 1. The van der Waals surface area contributed by atoms with Crippen LogP contribution < -0.4 is 20.4 Å². The number of benzene rings is 1. The van der Waals surface area contributed by atoms with Crippen molar-refractivity contribution in [2.45, 2.75) is 19.0 Å². The molecule has 8 heteroatoms. The van der Waals surface area contributed by atoms with E-state index in [4.69, 9.17) is 0 Å². The van der Waals surface area contributed by atoms with Gasteiger partial charge in [-0.3, -0.25) is 4.99 Å². The van der Waals surface area contributed by atoms with Crippen molar-refractivity contribution in [3.63, 3.8) is 0 Å². The molecule has 2 aromatic rings. The maximum Gasteiger partial charge on any atom is 0.191 e. The minimum atomic E-state index is -0.276. The number of anilines is 2. The Morgan fingerprint density at radius 2 is 2.14 bits per heavy atom. The molecule has 0 amide bonds. The van der Waals surface area contributed by atoms with Gasteiger partial charge >= 0.3 is 0 Å². The first-order valence-corrected chi connectivity index (χ1v) is 9.15. The lowest BCUT2D eigenvalue weighted by Gasteiger charge is -2.20. The summed E-state index contributed by atoms with van der Waals surface area (Å²) in [7, 11) is 5.82. The monoisotopic (exact) mass is 498 g/mol. The molecule has 1 aliphatic rings. The number of hydrogen-bond acceptors (Lipinski definition) is 4. The summed E-state index contributed by atoms with van der Waals surface area (Å²) in [6.07, 6.45) is 2.54. The Morgan fingerprint density at radius 1 is 1.32 bits per heavy atom. The zero-order chi connectivity index (χ0) is 19.2. The Kier molecular flexibility index (Phi) is 8.28. The molecule has 1 aromatic heterocycles. The summed E-state index contributed by atoms with van der Waals surface area (Å²) in [5, 5.41) is 6.79. The molecule has 0 radical (unpaired) electrons. The molecule has 1 unspecified atom stereocenters. The predicted octanol–water partition coefficient (Wildman–Crippen LogP) is 2.85. The number of aliphatic imine (C=N–C) groups is 1. The van der Waals surface area contributed by atoms with E-state index >= 15 is 0 Å². The fraction of sp³-hybridized carbons (Fsp3) is 0.400. The smallest absolute Gasteiger partial charge is 0.191 e. The number of pyridine rings is 1. The number of nitrogens with one attached hydrogen (secondary N) is 2. The number of rotatable bonds is 5. The van der Waals surface area contributed by atoms with Gasteiger partial charge in [0.1, 0.15) is 0 Å². The van der Waals surface area contributed by atoms with Gasteiger partial charge in [-0.2, -0.15) is 0 Å². The summed E-state index contributed by atoms with van der Waals surface area (Å²) >= 11 is 0. The number of guanidine groups is 1. The van der Waals surface area contributed by atoms with Crippen LogP contribution in [0.4, 0.5) is 15.9 Å². The minimum absolute atomic E-state index is 0. The molecular formula is C20H28FIN6. The first-order valence-electron chi connectivity index (χ1n) is 9.15. The summed E-state index contributed by atoms with van der Waals surface area (Å²) in [6, 6.07) is 11.6. The Labute approximate surface area is 183 Å². The normalized spacial score (nSPS) is 16.5. The largest absolute Gasteiger partial charge is 0.378 e. The Balaban J connectivity index is 0.00000280. The molecule has 1 atom stereocenters. The summed E-state index contributed by atoms with van der Waals surface area (Å²) in [6.45, 7) is 2.16. The van der Waals surface area contributed by atoms with Crippen LogP contribution in [0.2, 0.25) is 0 Å². The van der Waals surface area contributed by atoms with Gasteiger partial charge in [0.15, 0.2) is 17.6 Å². The van der Waals surface area contributed by atoms with E-state index in [1.54, 1.807) is 19.3 Å². The molecular weight excluding hydrogens is 470 g/mol. The zero-order valence-corrected chi connectivity index (χ0v) is 18.9. The number of nitrogens with zero attached hydrogens (tertiary/aromatic N) is 4. The highest BCUT2D eigenvalue weighted by Crippen LogP contribution is 2.20. The lowest BCUT2D eigenvalue weighted by molar-refractivity contribution is 0.612. The van der Waals surface area contributed by atoms with E-state index in [9.17, 15) is 4.39 Å². The van der Waals surface area contributed by atoms with Gasteiger partial charge in [-0.05, 0) is 36.2 Å². The van der Waals surface area contributed by atoms with E-state index in [1.807, 2.05) is 19.0 Å². The van der Waals surface area contributed by atoms with Crippen molar-refractivity contribution in [1.82, 2.24) is 15.6 Å². The molecule has 2 N–H and O–H groups in total. The molecule has 1 aromatic carbocycles. The van der Waals surface area contributed by atoms with Gasteiger partial charge in [0, 0.05) is 58.7 Å². The van der Waals surface area contributed by atoms with Crippen LogP contribution in [-0.2, 0) is 6.54 Å². The van der Waals surface area contributed by atoms with Gasteiger partial charge in [0.2, 0.25) is 0 Å². The van der Waals surface area contributed by atoms with Crippen molar-refractivity contribution >= 4 is 41.4 Å². The van der Waals surface area contributed by atoms with Gasteiger partial charge < -0.3 is 20.4 Å². The average molecular weight is 498 g/mol. The van der Waals surface area contributed by atoms with Gasteiger partial charge in [0.05, 0.1) is 0 Å². The Bertz CT molecular complexity index is 798. The van der Waals surface area contributed by atoms with Crippen molar-refractivity contribution in [1.29, 1.82) is 0 Å². The van der Waals surface area contributed by atoms with Crippen molar-refractivity contribution in [3.8, 4) is 0 Å². The maximum absolute atomic E-state index is 13.9. The van der Waals surface area contributed by atoms with Crippen LogP contribution in [0.1, 0.15) is 12.0 Å². The fourth-order valence-corrected chi connectivity index (χ4v) is 3.20. The Hall–Kier alpha value is -2.10. The molecule has 6 nitrogen and oxygen atoms in total. The lowest BCUT2D eigenvalue weighted by atomic mass is 10.2. The lowest BCUT2D eigenvalue weighted by Crippen LogP contribution is -2.44. The zero-order valence-electron chi connectivity index (χ0n) is 16.5. The molecule has 152 valence electrons. The summed E-state index contributed by atoms with van der Waals surface area (Å²) in [4.78, 5) is 12.5. The molecule has 0 spiro atoms. The van der Waals surface area contributed by atoms with Gasteiger partial charge in [0.25, 0.3) is 0 Å². The van der Waals surface area contributed by atoms with E-state index in [0.717, 1.165) is 18.9 Å².